The van der Waals surface area contributed by atoms with Crippen molar-refractivity contribution in [3.05, 3.63) is 52.4 Å². The minimum absolute atomic E-state index is 0.150. The minimum atomic E-state index is -0.209. The molecule has 0 aliphatic carbocycles. The van der Waals surface area contributed by atoms with Gasteiger partial charge in [0.05, 0.1) is 17.0 Å². The zero-order chi connectivity index (χ0) is 18.0. The first kappa shape index (κ1) is 17.4. The van der Waals surface area contributed by atoms with Crippen molar-refractivity contribution in [2.24, 2.45) is 0 Å². The Bertz CT molecular complexity index is 758. The van der Waals surface area contributed by atoms with Gasteiger partial charge in [-0.05, 0) is 43.2 Å². The number of amides is 3. The van der Waals surface area contributed by atoms with E-state index in [1.165, 1.54) is 6.26 Å². The van der Waals surface area contributed by atoms with Crippen LogP contribution in [0.25, 0.3) is 0 Å². The third kappa shape index (κ3) is 3.79. The highest BCUT2D eigenvalue weighted by molar-refractivity contribution is 6.34. The maximum absolute atomic E-state index is 12.5. The molecule has 6 nitrogen and oxygen atoms in total. The fourth-order valence-electron chi connectivity index (χ4n) is 2.93. The Morgan fingerprint density at radius 1 is 1.12 bits per heavy atom. The summed E-state index contributed by atoms with van der Waals surface area (Å²) in [6.07, 6.45) is 1.48. The van der Waals surface area contributed by atoms with Gasteiger partial charge in [0, 0.05) is 26.2 Å². The SMILES string of the molecule is Cc1cc(C)c(NC(=O)N2CCN(C(=O)c3ccco3)CC2)c(Cl)c1. The number of halogens is 1. The van der Waals surface area contributed by atoms with Crippen molar-refractivity contribution in [2.45, 2.75) is 13.8 Å². The van der Waals surface area contributed by atoms with Crippen molar-refractivity contribution in [3.63, 3.8) is 0 Å². The van der Waals surface area contributed by atoms with Gasteiger partial charge in [-0.15, -0.1) is 0 Å². The van der Waals surface area contributed by atoms with Crippen molar-refractivity contribution in [1.82, 2.24) is 9.80 Å². The number of furan rings is 1. The van der Waals surface area contributed by atoms with Gasteiger partial charge in [0.1, 0.15) is 0 Å². The molecular weight excluding hydrogens is 342 g/mol. The van der Waals surface area contributed by atoms with E-state index in [1.54, 1.807) is 21.9 Å². The molecule has 1 aliphatic rings. The van der Waals surface area contributed by atoms with E-state index in [4.69, 9.17) is 16.0 Å². The van der Waals surface area contributed by atoms with Crippen LogP contribution in [0.4, 0.5) is 10.5 Å². The lowest BCUT2D eigenvalue weighted by atomic mass is 10.1. The molecule has 0 unspecified atom stereocenters. The largest absolute Gasteiger partial charge is 0.459 e. The van der Waals surface area contributed by atoms with Crippen LogP contribution in [0.5, 0.6) is 0 Å². The van der Waals surface area contributed by atoms with Crippen molar-refractivity contribution in [3.8, 4) is 0 Å². The second-order valence-corrected chi connectivity index (χ2v) is 6.53. The van der Waals surface area contributed by atoms with Gasteiger partial charge in [0.25, 0.3) is 5.91 Å². The van der Waals surface area contributed by atoms with Crippen molar-refractivity contribution >= 4 is 29.2 Å². The standard InChI is InChI=1S/C18H20ClN3O3/c1-12-10-13(2)16(14(19)11-12)20-18(24)22-7-5-21(6-8-22)17(23)15-4-3-9-25-15/h3-4,9-11H,5-8H2,1-2H3,(H,20,24). The summed E-state index contributed by atoms with van der Waals surface area (Å²) in [5.41, 5.74) is 2.60. The first-order valence-electron chi connectivity index (χ1n) is 8.11. The lowest BCUT2D eigenvalue weighted by molar-refractivity contribution is 0.0640. The van der Waals surface area contributed by atoms with Gasteiger partial charge in [-0.2, -0.15) is 0 Å². The van der Waals surface area contributed by atoms with Crippen LogP contribution < -0.4 is 5.32 Å². The molecule has 2 aromatic rings. The topological polar surface area (TPSA) is 65.8 Å². The average molecular weight is 362 g/mol. The molecule has 0 saturated carbocycles. The number of rotatable bonds is 2. The quantitative estimate of drug-likeness (QED) is 0.889. The number of urea groups is 1. The summed E-state index contributed by atoms with van der Waals surface area (Å²) in [6.45, 7) is 5.72. The Labute approximate surface area is 151 Å². The molecule has 7 heteroatoms. The van der Waals surface area contributed by atoms with E-state index in [0.717, 1.165) is 11.1 Å². The molecular formula is C18H20ClN3O3. The minimum Gasteiger partial charge on any atom is -0.459 e. The summed E-state index contributed by atoms with van der Waals surface area (Å²) < 4.78 is 5.14. The fraction of sp³-hybridized carbons (Fsp3) is 0.333. The van der Waals surface area contributed by atoms with Gasteiger partial charge >= 0.3 is 6.03 Å². The van der Waals surface area contributed by atoms with Crippen LogP contribution >= 0.6 is 11.6 Å². The van der Waals surface area contributed by atoms with E-state index >= 15 is 0 Å². The predicted octanol–water partition coefficient (Wildman–Crippen LogP) is 3.54. The molecule has 3 amide bonds. The summed E-state index contributed by atoms with van der Waals surface area (Å²) in [7, 11) is 0. The molecule has 1 N–H and O–H groups in total. The average Bonchev–Trinajstić information content (AvgIpc) is 3.12. The molecule has 132 valence electrons. The molecule has 2 heterocycles. The Kier molecular flexibility index (Phi) is 4.99. The van der Waals surface area contributed by atoms with Crippen molar-refractivity contribution in [2.75, 3.05) is 31.5 Å². The van der Waals surface area contributed by atoms with E-state index in [9.17, 15) is 9.59 Å². The summed E-state index contributed by atoms with van der Waals surface area (Å²) in [4.78, 5) is 28.1. The molecule has 1 aromatic heterocycles. The summed E-state index contributed by atoms with van der Waals surface area (Å²) in [6, 6.07) is 6.92. The molecule has 1 aromatic carbocycles. The molecule has 25 heavy (non-hydrogen) atoms. The zero-order valence-corrected chi connectivity index (χ0v) is 15.0. The molecule has 1 saturated heterocycles. The van der Waals surface area contributed by atoms with E-state index in [2.05, 4.69) is 5.32 Å². The van der Waals surface area contributed by atoms with E-state index < -0.39 is 0 Å². The number of hydrogen-bond acceptors (Lipinski definition) is 3. The highest BCUT2D eigenvalue weighted by Crippen LogP contribution is 2.27. The smallest absolute Gasteiger partial charge is 0.322 e. The number of nitrogens with zero attached hydrogens (tertiary/aromatic N) is 2. The van der Waals surface area contributed by atoms with Crippen LogP contribution in [-0.4, -0.2) is 47.9 Å². The molecule has 0 bridgehead atoms. The van der Waals surface area contributed by atoms with Crippen LogP contribution in [0.15, 0.2) is 34.9 Å². The molecule has 0 atom stereocenters. The number of carbonyl (C=O) groups excluding carboxylic acids is 2. The lowest BCUT2D eigenvalue weighted by Gasteiger charge is -2.34. The third-order valence-corrected chi connectivity index (χ3v) is 4.55. The third-order valence-electron chi connectivity index (χ3n) is 4.25. The summed E-state index contributed by atoms with van der Waals surface area (Å²) in [5, 5.41) is 3.41. The van der Waals surface area contributed by atoms with Gasteiger partial charge in [-0.1, -0.05) is 17.7 Å². The number of carbonyl (C=O) groups is 2. The van der Waals surface area contributed by atoms with Crippen molar-refractivity contribution in [1.29, 1.82) is 0 Å². The normalized spacial score (nSPS) is 14.5. The van der Waals surface area contributed by atoms with Gasteiger partial charge in [-0.3, -0.25) is 4.79 Å². The van der Waals surface area contributed by atoms with Crippen LogP contribution in [-0.2, 0) is 0 Å². The van der Waals surface area contributed by atoms with Gasteiger partial charge < -0.3 is 19.5 Å². The summed E-state index contributed by atoms with van der Waals surface area (Å²) >= 11 is 6.24. The number of nitrogens with one attached hydrogen (secondary N) is 1. The highest BCUT2D eigenvalue weighted by atomic mass is 35.5. The van der Waals surface area contributed by atoms with E-state index in [1.807, 2.05) is 26.0 Å². The van der Waals surface area contributed by atoms with Crippen LogP contribution in [0.1, 0.15) is 21.7 Å². The maximum Gasteiger partial charge on any atom is 0.322 e. The van der Waals surface area contributed by atoms with Gasteiger partial charge in [-0.25, -0.2) is 4.79 Å². The molecule has 1 aliphatic heterocycles. The molecule has 1 fully saturated rings. The Hall–Kier alpha value is -2.47. The van der Waals surface area contributed by atoms with E-state index in [-0.39, 0.29) is 11.9 Å². The first-order valence-corrected chi connectivity index (χ1v) is 8.49. The first-order chi connectivity index (χ1) is 12.0. The van der Waals surface area contributed by atoms with Crippen LogP contribution in [0.2, 0.25) is 5.02 Å². The van der Waals surface area contributed by atoms with Crippen LogP contribution in [0.3, 0.4) is 0 Å². The molecule has 3 rings (SSSR count). The number of aryl methyl sites for hydroxylation is 2. The molecule has 0 spiro atoms. The maximum atomic E-state index is 12.5. The Morgan fingerprint density at radius 3 is 2.40 bits per heavy atom. The predicted molar refractivity (Wildman–Crippen MR) is 96.1 cm³/mol. The summed E-state index contributed by atoms with van der Waals surface area (Å²) in [5.74, 6) is 0.169. The molecule has 0 radical (unpaired) electrons. The Balaban J connectivity index is 1.60. The fourth-order valence-corrected chi connectivity index (χ4v) is 3.30. The highest BCUT2D eigenvalue weighted by Gasteiger charge is 2.26. The van der Waals surface area contributed by atoms with Crippen molar-refractivity contribution < 1.29 is 14.0 Å². The number of benzene rings is 1. The number of piperazine rings is 1. The second-order valence-electron chi connectivity index (χ2n) is 6.13. The lowest BCUT2D eigenvalue weighted by Crippen LogP contribution is -2.51. The second kappa shape index (κ2) is 7.19. The van der Waals surface area contributed by atoms with Gasteiger partial charge in [0.2, 0.25) is 0 Å². The van der Waals surface area contributed by atoms with Gasteiger partial charge in [0.15, 0.2) is 5.76 Å². The monoisotopic (exact) mass is 361 g/mol. The Morgan fingerprint density at radius 2 is 1.80 bits per heavy atom. The van der Waals surface area contributed by atoms with Crippen LogP contribution in [0, 0.1) is 13.8 Å². The van der Waals surface area contributed by atoms with E-state index in [0.29, 0.717) is 42.6 Å². The zero-order valence-electron chi connectivity index (χ0n) is 14.2. The number of hydrogen-bond donors (Lipinski definition) is 1. The number of anilines is 1.